The number of hydrogen-bond donors (Lipinski definition) is 2. The number of esters is 1. The van der Waals surface area contributed by atoms with E-state index in [1.54, 1.807) is 30.3 Å². The van der Waals surface area contributed by atoms with E-state index in [9.17, 15) is 22.8 Å². The van der Waals surface area contributed by atoms with Crippen LogP contribution in [0.1, 0.15) is 60.2 Å². The summed E-state index contributed by atoms with van der Waals surface area (Å²) in [7, 11) is -3.61. The van der Waals surface area contributed by atoms with Crippen LogP contribution in [0.3, 0.4) is 0 Å². The second-order valence-corrected chi connectivity index (χ2v) is 11.1. The lowest BCUT2D eigenvalue weighted by molar-refractivity contribution is -0.186. The summed E-state index contributed by atoms with van der Waals surface area (Å²) < 4.78 is 26.8. The van der Waals surface area contributed by atoms with Crippen molar-refractivity contribution in [2.45, 2.75) is 33.1 Å². The molecular formula is C31H38O9S. The third-order valence-electron chi connectivity index (χ3n) is 5.07. The van der Waals surface area contributed by atoms with Crippen LogP contribution in [0, 0.1) is 0 Å². The zero-order valence-electron chi connectivity index (χ0n) is 23.6. The number of hydrogen-bond acceptors (Lipinski definition) is 8. The van der Waals surface area contributed by atoms with Gasteiger partial charge in [0.25, 0.3) is 0 Å². The van der Waals surface area contributed by atoms with Crippen LogP contribution < -0.4 is 0 Å². The Hall–Kier alpha value is -4.28. The van der Waals surface area contributed by atoms with Crippen molar-refractivity contribution in [2.24, 2.45) is 0 Å². The Bertz CT molecular complexity index is 1290. The average Bonchev–Trinajstić information content (AvgIpc) is 2.93. The van der Waals surface area contributed by atoms with Crippen molar-refractivity contribution in [2.75, 3.05) is 18.1 Å². The third kappa shape index (κ3) is 17.1. The van der Waals surface area contributed by atoms with Crippen molar-refractivity contribution in [1.29, 1.82) is 0 Å². The topological polar surface area (TPSA) is 144 Å². The molecule has 0 aliphatic heterocycles. The Balaban J connectivity index is 0.000000594. The summed E-state index contributed by atoms with van der Waals surface area (Å²) in [6.45, 7) is 16.5. The summed E-state index contributed by atoms with van der Waals surface area (Å²) in [6, 6.07) is 15.4. The number of carboxylic acids is 1. The largest absolute Gasteiger partial charge is 0.480 e. The minimum absolute atomic E-state index is 0.0649. The fourth-order valence-corrected chi connectivity index (χ4v) is 3.89. The molecule has 0 fully saturated rings. The van der Waals surface area contributed by atoms with E-state index in [1.807, 2.05) is 6.08 Å². The Kier molecular flexibility index (Phi) is 17.7. The summed E-state index contributed by atoms with van der Waals surface area (Å²) in [5.41, 5.74) is 4.28. The Morgan fingerprint density at radius 1 is 0.951 bits per heavy atom. The molecule has 9 nitrogen and oxygen atoms in total. The first-order valence-corrected chi connectivity index (χ1v) is 14.3. The number of rotatable bonds is 13. The summed E-state index contributed by atoms with van der Waals surface area (Å²) >= 11 is 0. The number of carbonyl (C=O) groups is 3. The number of ketones is 1. The summed E-state index contributed by atoms with van der Waals surface area (Å²) in [5.74, 6) is -2.80. The molecule has 0 radical (unpaired) electrons. The van der Waals surface area contributed by atoms with Gasteiger partial charge in [0.1, 0.15) is 12.0 Å². The average molecular weight is 587 g/mol. The van der Waals surface area contributed by atoms with Gasteiger partial charge in [-0.2, -0.15) is 0 Å². The number of ether oxygens (including phenoxy) is 1. The Morgan fingerprint density at radius 2 is 1.46 bits per heavy atom. The third-order valence-corrected chi connectivity index (χ3v) is 6.67. The number of benzene rings is 2. The van der Waals surface area contributed by atoms with Gasteiger partial charge in [-0.05, 0) is 36.0 Å². The van der Waals surface area contributed by atoms with Crippen LogP contribution in [0.15, 0.2) is 86.2 Å². The molecule has 2 aromatic rings. The number of sulfone groups is 1. The highest BCUT2D eigenvalue weighted by atomic mass is 32.2. The van der Waals surface area contributed by atoms with E-state index in [-0.39, 0.29) is 30.1 Å². The first-order chi connectivity index (χ1) is 19.3. The fourth-order valence-electron chi connectivity index (χ4n) is 2.82. The molecule has 2 rings (SSSR count). The van der Waals surface area contributed by atoms with Crippen LogP contribution in [-0.2, 0) is 29.1 Å². The van der Waals surface area contributed by atoms with Gasteiger partial charge in [-0.3, -0.25) is 9.59 Å². The first-order valence-electron chi connectivity index (χ1n) is 12.5. The highest BCUT2D eigenvalue weighted by molar-refractivity contribution is 7.92. The maximum atomic E-state index is 11.3. The van der Waals surface area contributed by atoms with Gasteiger partial charge in [0.05, 0.1) is 12.4 Å². The van der Waals surface area contributed by atoms with Gasteiger partial charge >= 0.3 is 11.9 Å². The monoisotopic (exact) mass is 586 g/mol. The predicted molar refractivity (Wildman–Crippen MR) is 161 cm³/mol. The van der Waals surface area contributed by atoms with Crippen molar-refractivity contribution in [3.05, 3.63) is 108 Å². The predicted octanol–water partition coefficient (Wildman–Crippen LogP) is 5.96. The number of carbonyl (C=O) groups excluding carboxylic acids is 2. The Morgan fingerprint density at radius 3 is 1.88 bits per heavy atom. The minimum atomic E-state index is -3.61. The lowest BCUT2D eigenvalue weighted by atomic mass is 10.0. The molecule has 0 spiro atoms. The van der Waals surface area contributed by atoms with Gasteiger partial charge in [0, 0.05) is 17.2 Å². The van der Waals surface area contributed by atoms with Crippen LogP contribution in [0.2, 0.25) is 0 Å². The number of allylic oxidation sites excluding steroid dienone is 1. The molecule has 0 amide bonds. The smallest absolute Gasteiger partial charge is 0.333 e. The van der Waals surface area contributed by atoms with Crippen LogP contribution >= 0.6 is 0 Å². The molecule has 0 aliphatic carbocycles. The highest BCUT2D eigenvalue weighted by Gasteiger charge is 2.15. The quantitative estimate of drug-likeness (QED) is 0.0552. The van der Waals surface area contributed by atoms with Crippen molar-refractivity contribution in [3.8, 4) is 0 Å². The van der Waals surface area contributed by atoms with Gasteiger partial charge in [-0.15, -0.1) is 0 Å². The molecule has 0 saturated carbocycles. The summed E-state index contributed by atoms with van der Waals surface area (Å²) in [6.07, 6.45) is 5.70. The maximum Gasteiger partial charge on any atom is 0.333 e. The second-order valence-electron chi connectivity index (χ2n) is 8.88. The molecule has 10 heteroatoms. The lowest BCUT2D eigenvalue weighted by Crippen LogP contribution is -2.19. The van der Waals surface area contributed by atoms with E-state index < -0.39 is 27.5 Å². The Labute approximate surface area is 242 Å². The van der Waals surface area contributed by atoms with Crippen molar-refractivity contribution >= 4 is 39.7 Å². The van der Waals surface area contributed by atoms with E-state index in [0.29, 0.717) is 11.5 Å². The van der Waals surface area contributed by atoms with E-state index in [4.69, 9.17) is 10.4 Å². The molecule has 2 aromatic carbocycles. The normalized spacial score (nSPS) is 10.4. The van der Waals surface area contributed by atoms with E-state index in [1.165, 1.54) is 18.1 Å². The fraction of sp³-hybridized carbons (Fsp3) is 0.258. The molecule has 2 N–H and O–H groups in total. The molecule has 222 valence electrons. The SMILES string of the molecule is C=C(C)C(=O)OCCCS(=O)(=O)CC(=O)O.C=Cc1ccc(C(=O)/C=C/OO)cc1.C=Cc1ccc(C(C)C)cc1. The van der Waals surface area contributed by atoms with Crippen molar-refractivity contribution < 1.29 is 42.8 Å². The van der Waals surface area contributed by atoms with Crippen LogP contribution in [0.25, 0.3) is 12.2 Å². The maximum absolute atomic E-state index is 11.3. The zero-order valence-corrected chi connectivity index (χ0v) is 24.4. The molecule has 0 aliphatic rings. The first kappa shape index (κ1) is 36.7. The minimum Gasteiger partial charge on any atom is -0.480 e. The van der Waals surface area contributed by atoms with Gasteiger partial charge in [-0.1, -0.05) is 94.3 Å². The molecule has 0 bridgehead atoms. The van der Waals surface area contributed by atoms with Gasteiger partial charge in [-0.25, -0.2) is 18.5 Å². The van der Waals surface area contributed by atoms with Crippen molar-refractivity contribution in [1.82, 2.24) is 0 Å². The van der Waals surface area contributed by atoms with Crippen LogP contribution in [0.4, 0.5) is 0 Å². The van der Waals surface area contributed by atoms with Gasteiger partial charge in [0.15, 0.2) is 15.6 Å². The molecule has 41 heavy (non-hydrogen) atoms. The molecule has 0 aromatic heterocycles. The van der Waals surface area contributed by atoms with E-state index in [0.717, 1.165) is 17.9 Å². The summed E-state index contributed by atoms with van der Waals surface area (Å²) in [4.78, 5) is 36.0. The van der Waals surface area contributed by atoms with E-state index >= 15 is 0 Å². The molecule has 0 unspecified atom stereocenters. The molecular weight excluding hydrogens is 548 g/mol. The number of aliphatic carboxylic acids is 1. The van der Waals surface area contributed by atoms with Crippen molar-refractivity contribution in [3.63, 3.8) is 0 Å². The zero-order chi connectivity index (χ0) is 31.4. The van der Waals surface area contributed by atoms with E-state index in [2.05, 4.69) is 67.5 Å². The molecule has 0 saturated heterocycles. The standard InChI is InChI=1S/C11H10O3.C11H14.C9H14O6S/c1-2-9-3-5-10(6-4-9)11(12)7-8-14-13;1-4-10-5-7-11(8-6-10)9(2)3;1-7(2)9(12)15-4-3-5-16(13,14)6-8(10)11/h2-8,13H,1H2;4-9H,1H2,2-3H3;1,3-6H2,2H3,(H,10,11)/b8-7+;;. The van der Waals surface area contributed by atoms with Crippen LogP contribution in [0.5, 0.6) is 0 Å². The second kappa shape index (κ2) is 19.7. The highest BCUT2D eigenvalue weighted by Crippen LogP contribution is 2.14. The van der Waals surface area contributed by atoms with Crippen LogP contribution in [-0.4, -0.2) is 54.6 Å². The number of carboxylic acid groups (broad SMARTS) is 1. The molecule has 0 atom stereocenters. The molecule has 0 heterocycles. The summed E-state index contributed by atoms with van der Waals surface area (Å²) in [5, 5.41) is 16.3. The lowest BCUT2D eigenvalue weighted by Gasteiger charge is -2.04. The van der Waals surface area contributed by atoms with Gasteiger partial charge in [0.2, 0.25) is 0 Å². The van der Waals surface area contributed by atoms with Gasteiger partial charge < -0.3 is 14.7 Å².